The molecule has 2 N–H and O–H groups in total. The summed E-state index contributed by atoms with van der Waals surface area (Å²) < 4.78 is 242. The summed E-state index contributed by atoms with van der Waals surface area (Å²) in [6.07, 6.45) is -22.6. The lowest BCUT2D eigenvalue weighted by molar-refractivity contribution is -0.261. The summed E-state index contributed by atoms with van der Waals surface area (Å²) in [7, 11) is 0. The van der Waals surface area contributed by atoms with Crippen molar-refractivity contribution in [1.82, 2.24) is 9.80 Å². The number of Topliss-reactive ketones (excluding diaryl/α,β-unsaturated/α-hetero) is 1. The molecule has 1 unspecified atom stereocenters. The minimum atomic E-state index is -4.95. The zero-order chi connectivity index (χ0) is 83.2. The summed E-state index contributed by atoms with van der Waals surface area (Å²) >= 11 is 1.87. The number of ether oxygens (including phenoxy) is 5. The van der Waals surface area contributed by atoms with Crippen LogP contribution in [-0.4, -0.2) is 167 Å². The van der Waals surface area contributed by atoms with E-state index in [0.29, 0.717) is 36.4 Å². The average Bonchev–Trinajstić information content (AvgIpc) is 1.48. The van der Waals surface area contributed by atoms with Gasteiger partial charge in [0.25, 0.3) is 0 Å². The van der Waals surface area contributed by atoms with E-state index in [-0.39, 0.29) is 64.1 Å². The number of imide groups is 2. The maximum Gasteiger partial charge on any atom is 0.450 e. The van der Waals surface area contributed by atoms with Gasteiger partial charge in [0.15, 0.2) is 5.60 Å². The first kappa shape index (κ1) is 103. The molecule has 602 valence electrons. The van der Waals surface area contributed by atoms with Crippen LogP contribution in [0.25, 0.3) is 0 Å². The number of halogens is 19. The molecule has 2 aromatic rings. The third-order valence-corrected chi connectivity index (χ3v) is 13.8. The fourth-order valence-corrected chi connectivity index (χ4v) is 8.70. The van der Waals surface area contributed by atoms with Crippen LogP contribution in [0.5, 0.6) is 0 Å². The van der Waals surface area contributed by atoms with Crippen molar-refractivity contribution in [1.29, 1.82) is 0 Å². The first-order chi connectivity index (χ1) is 49.5. The Kier molecular flexibility index (Phi) is 49.6. The number of carbonyl (C=O) groups excluding carboxylic acids is 8. The molecule has 2 aromatic carbocycles. The van der Waals surface area contributed by atoms with Crippen molar-refractivity contribution in [2.45, 2.75) is 160 Å². The molecule has 4 rings (SSSR count). The molecule has 4 atom stereocenters. The Labute approximate surface area is 620 Å². The zero-order valence-electron chi connectivity index (χ0n) is 58.7. The molecule has 4 amide bonds. The van der Waals surface area contributed by atoms with Crippen molar-refractivity contribution in [3.8, 4) is 0 Å². The second kappa shape index (κ2) is 51.7. The van der Waals surface area contributed by atoms with Gasteiger partial charge in [0.1, 0.15) is 19.6 Å². The van der Waals surface area contributed by atoms with E-state index in [9.17, 15) is 122 Å². The van der Waals surface area contributed by atoms with Crippen LogP contribution in [0.2, 0.25) is 0 Å². The maximum atomic E-state index is 12.9. The largest absolute Gasteiger partial charge is 0.466 e. The Hall–Kier alpha value is -8.55. The third-order valence-electron chi connectivity index (χ3n) is 13.3. The number of amides is 4. The molecule has 0 aromatic heterocycles. The minimum Gasteiger partial charge on any atom is -0.466 e. The van der Waals surface area contributed by atoms with Crippen molar-refractivity contribution in [3.63, 3.8) is 0 Å². The van der Waals surface area contributed by atoms with Gasteiger partial charge in [0, 0.05) is 51.6 Å². The number of ketones is 1. The number of esters is 3. The number of nitrogens with zero attached hydrogens (tertiary/aromatic N) is 2. The molecule has 107 heavy (non-hydrogen) atoms. The molecule has 2 aliphatic heterocycles. The maximum absolute atomic E-state index is 12.9. The van der Waals surface area contributed by atoms with E-state index in [4.69, 9.17) is 14.6 Å². The molecule has 0 aliphatic carbocycles. The molecule has 36 heteroatoms. The van der Waals surface area contributed by atoms with Gasteiger partial charge in [-0.25, -0.2) is 24.2 Å². The molecule has 0 spiro atoms. The van der Waals surface area contributed by atoms with E-state index in [1.807, 2.05) is 83.3 Å². The van der Waals surface area contributed by atoms with Gasteiger partial charge in [-0.15, -0.1) is 32.9 Å². The topological polar surface area (TPSA) is 230 Å². The van der Waals surface area contributed by atoms with Crippen LogP contribution in [0.4, 0.5) is 88.6 Å². The van der Waals surface area contributed by atoms with E-state index in [0.717, 1.165) is 46.4 Å². The quantitative estimate of drug-likeness (QED) is 0.0118. The van der Waals surface area contributed by atoms with Crippen LogP contribution in [0.3, 0.4) is 0 Å². The Morgan fingerprint density at radius 1 is 0.551 bits per heavy atom. The second-order valence-corrected chi connectivity index (χ2v) is 22.5. The molecule has 2 fully saturated rings. The lowest BCUT2D eigenvalue weighted by Gasteiger charge is -2.28. The van der Waals surface area contributed by atoms with Crippen LogP contribution in [0, 0.1) is 5.92 Å². The Bertz CT molecular complexity index is 3220. The summed E-state index contributed by atoms with van der Waals surface area (Å²) in [5.41, 5.74) is -4.01. The number of benzene rings is 2. The molecule has 0 radical (unpaired) electrons. The van der Waals surface area contributed by atoms with Gasteiger partial charge >= 0.3 is 67.2 Å². The predicted octanol–water partition coefficient (Wildman–Crippen LogP) is 17.7. The van der Waals surface area contributed by atoms with Crippen molar-refractivity contribution < 1.29 is 151 Å². The van der Waals surface area contributed by atoms with E-state index < -0.39 is 151 Å². The first-order valence-corrected chi connectivity index (χ1v) is 33.3. The highest BCUT2D eigenvalue weighted by molar-refractivity contribution is 14.1. The van der Waals surface area contributed by atoms with Gasteiger partial charge in [-0.05, 0) is 76.8 Å². The van der Waals surface area contributed by atoms with E-state index >= 15 is 0 Å². The van der Waals surface area contributed by atoms with Crippen molar-refractivity contribution in [2.75, 3.05) is 44.1 Å². The summed E-state index contributed by atoms with van der Waals surface area (Å²) in [4.78, 5) is 92.1. The highest BCUT2D eigenvalue weighted by atomic mass is 127. The number of cyclic esters (lactones) is 2. The fraction of sp³-hybridized carbons (Fsp3) is 0.465. The van der Waals surface area contributed by atoms with Gasteiger partial charge in [-0.1, -0.05) is 146 Å². The van der Waals surface area contributed by atoms with Gasteiger partial charge in [-0.2, -0.15) is 79.0 Å². The van der Waals surface area contributed by atoms with Crippen LogP contribution >= 0.6 is 22.6 Å². The van der Waals surface area contributed by atoms with Gasteiger partial charge in [0.2, 0.25) is 17.6 Å². The van der Waals surface area contributed by atoms with Gasteiger partial charge < -0.3 is 33.9 Å². The molecular weight excluding hydrogens is 1590 g/mol. The predicted molar refractivity (Wildman–Crippen MR) is 366 cm³/mol. The van der Waals surface area contributed by atoms with E-state index in [1.165, 1.54) is 50.8 Å². The number of allylic oxidation sites excluding steroid dienone is 10. The number of hydrogen-bond acceptors (Lipinski definition) is 15. The molecule has 0 saturated carbocycles. The number of aliphatic hydroxyl groups is 2. The van der Waals surface area contributed by atoms with Crippen LogP contribution in [-0.2, 0) is 65.3 Å². The molecule has 17 nitrogen and oxygen atoms in total. The Balaban J connectivity index is -0.00000121. The monoisotopic (exact) mass is 1670 g/mol. The number of rotatable bonds is 28. The standard InChI is InChI=1S/C20H22F3NO3.C13H15NO3.C9H13F3O3.C9H11F3O2.C7H8F3I.C7H9F3O.C6H7F3O3/c1-3-7-16(20(21,22)23)11-10-14(2)18(25)24-17(13-27-19(24)26)12-15-8-5-4-6-9-15;1-2-12(15)14-11(9-17-13(14)16)8-10-6-4-3-5-7-10;1-3-5-8(14,9(10,11)12)6-7(13)15-4-2;1-3-5-7(9(10,11)12)6-8(13)14-4-2;2*1-2-3-6(4-5-11)7(8,9)10;1-2-12-5(11)3-4(10)6(7,8)9/h3-6,8-9,11,14,17H,1,7,10,12-13H2,2H3;3-7,11H,2,8-9H2,1H3;3,14H,1,4-6H2,2H3;3,6H,1,4-5H2,2H3;2,4H,1,3,5H2;2,4,11H,1,3,5H2;2-3H2,1H3/b16-11+;;;7-6+;2*6-4+;/t14-,17+;11-;;;;;/m01...../s1. The Morgan fingerprint density at radius 3 is 1.29 bits per heavy atom. The highest BCUT2D eigenvalue weighted by Crippen LogP contribution is 2.37. The summed E-state index contributed by atoms with van der Waals surface area (Å²) in [5.74, 6) is -6.79. The SMILES string of the molecule is C=CC/C(=C\C(=O)OCC)C(F)(F)F.C=CC/C(=C\CI)C(F)(F)F.C=CC/C(=C\CO)C(F)(F)F.C=CC/C(=C\C[C@H](C)C(=O)N1C(=O)OC[C@H]1Cc1ccccc1)C(F)(F)F.C=CCC(O)(CC(=O)OCC)C(F)(F)F.CCC(=O)N1C(=O)OC[C@H]1Cc1ccccc1.CCOC(=O)CC(=O)C(F)(F)F. The van der Waals surface area contributed by atoms with Crippen molar-refractivity contribution in [3.05, 3.63) is 182 Å². The van der Waals surface area contributed by atoms with Gasteiger partial charge in [0.05, 0.1) is 44.9 Å². The van der Waals surface area contributed by atoms with Crippen molar-refractivity contribution >= 4 is 70.3 Å². The average molecular weight is 1680 g/mol. The van der Waals surface area contributed by atoms with Crippen LogP contribution < -0.4 is 0 Å². The smallest absolute Gasteiger partial charge is 0.450 e. The van der Waals surface area contributed by atoms with Crippen LogP contribution in [0.15, 0.2) is 171 Å². The second-order valence-electron chi connectivity index (χ2n) is 21.6. The van der Waals surface area contributed by atoms with Gasteiger partial charge in [-0.3, -0.25) is 24.0 Å². The fourth-order valence-electron chi connectivity index (χ4n) is 8.17. The molecule has 2 saturated heterocycles. The van der Waals surface area contributed by atoms with Crippen molar-refractivity contribution in [2.24, 2.45) is 5.92 Å². The van der Waals surface area contributed by atoms with E-state index in [2.05, 4.69) is 47.1 Å². The highest BCUT2D eigenvalue weighted by Gasteiger charge is 2.54. The molecule has 2 aliphatic rings. The first-order valence-electron chi connectivity index (χ1n) is 31.8. The molecular formula is C71H85F18IN2O15. The molecule has 0 bridgehead atoms. The van der Waals surface area contributed by atoms with E-state index in [1.54, 1.807) is 6.92 Å². The summed E-state index contributed by atoms with van der Waals surface area (Å²) in [5, 5.41) is 17.5. The van der Waals surface area contributed by atoms with Crippen LogP contribution in [0.1, 0.15) is 104 Å². The third kappa shape index (κ3) is 43.1. The lowest BCUT2D eigenvalue weighted by Crippen LogP contribution is -2.46. The molecule has 2 heterocycles. The minimum absolute atomic E-state index is 0.0269. The number of hydrogen-bond donors (Lipinski definition) is 2. The summed E-state index contributed by atoms with van der Waals surface area (Å²) in [6.45, 7) is 23.5. The number of carbonyl (C=O) groups is 8. The normalized spacial score (nSPS) is 15.6. The number of alkyl halides is 19. The lowest BCUT2D eigenvalue weighted by atomic mass is 9.95. The number of aliphatic hydroxyl groups excluding tert-OH is 1. The Morgan fingerprint density at radius 2 is 0.935 bits per heavy atom. The summed E-state index contributed by atoms with van der Waals surface area (Å²) in [6, 6.07) is 18.5. The zero-order valence-corrected chi connectivity index (χ0v) is 60.9.